The molecule has 3 aromatic carbocycles. The molecular weight excluding hydrogens is 468 g/mol. The van der Waals surface area contributed by atoms with Crippen molar-refractivity contribution in [2.75, 3.05) is 6.54 Å². The van der Waals surface area contributed by atoms with Crippen LogP contribution in [0, 0.1) is 27.7 Å². The summed E-state index contributed by atoms with van der Waals surface area (Å²) in [6, 6.07) is 18.3. The first kappa shape index (κ1) is 25.9. The van der Waals surface area contributed by atoms with Gasteiger partial charge in [0.15, 0.2) is 0 Å². The number of nitrogens with one attached hydrogen (secondary N) is 1. The molecule has 1 unspecified atom stereocenters. The summed E-state index contributed by atoms with van der Waals surface area (Å²) < 4.78 is 28.9. The molecule has 5 nitrogen and oxygen atoms in total. The van der Waals surface area contributed by atoms with Crippen LogP contribution in [0.4, 0.5) is 0 Å². The molecule has 0 fully saturated rings. The van der Waals surface area contributed by atoms with E-state index < -0.39 is 10.0 Å². The van der Waals surface area contributed by atoms with E-state index in [1.807, 2.05) is 69.3 Å². The van der Waals surface area contributed by atoms with Crippen molar-refractivity contribution in [3.05, 3.63) is 99.1 Å². The first-order chi connectivity index (χ1) is 16.0. The number of carbonyl (C=O) groups excluding carboxylic acids is 1. The van der Waals surface area contributed by atoms with Crippen molar-refractivity contribution in [1.29, 1.82) is 0 Å². The van der Waals surface area contributed by atoms with Crippen LogP contribution in [0.5, 0.6) is 0 Å². The number of amides is 1. The topological polar surface area (TPSA) is 66.5 Å². The van der Waals surface area contributed by atoms with Crippen LogP contribution in [0.25, 0.3) is 0 Å². The molecule has 1 N–H and O–H groups in total. The third-order valence-corrected chi connectivity index (χ3v) is 8.10. The maximum Gasteiger partial charge on any atom is 0.244 e. The summed E-state index contributed by atoms with van der Waals surface area (Å²) in [5.74, 6) is -0.374. The zero-order valence-corrected chi connectivity index (χ0v) is 21.8. The van der Waals surface area contributed by atoms with Crippen LogP contribution in [0.15, 0.2) is 65.6 Å². The van der Waals surface area contributed by atoms with Gasteiger partial charge in [-0.3, -0.25) is 4.79 Å². The lowest BCUT2D eigenvalue weighted by Gasteiger charge is -2.25. The monoisotopic (exact) mass is 498 g/mol. The third kappa shape index (κ3) is 6.26. The van der Waals surface area contributed by atoms with E-state index in [0.717, 1.165) is 22.3 Å². The van der Waals surface area contributed by atoms with Gasteiger partial charge >= 0.3 is 0 Å². The Morgan fingerprint density at radius 2 is 1.47 bits per heavy atom. The number of rotatable bonds is 8. The van der Waals surface area contributed by atoms with Crippen LogP contribution >= 0.6 is 11.6 Å². The van der Waals surface area contributed by atoms with Crippen molar-refractivity contribution in [2.24, 2.45) is 0 Å². The predicted octanol–water partition coefficient (Wildman–Crippen LogP) is 5.64. The average molecular weight is 499 g/mol. The van der Waals surface area contributed by atoms with Gasteiger partial charge < -0.3 is 5.32 Å². The maximum atomic E-state index is 13.8. The second kappa shape index (κ2) is 10.7. The molecule has 0 heterocycles. The molecule has 0 aliphatic carbocycles. The maximum absolute atomic E-state index is 13.8. The number of nitrogens with zero attached hydrogens (tertiary/aromatic N) is 1. The minimum absolute atomic E-state index is 0.0954. The Bertz CT molecular complexity index is 1250. The van der Waals surface area contributed by atoms with Crippen molar-refractivity contribution in [1.82, 2.24) is 9.62 Å². The van der Waals surface area contributed by atoms with E-state index >= 15 is 0 Å². The number of halogens is 1. The molecule has 0 radical (unpaired) electrons. The average Bonchev–Trinajstić information content (AvgIpc) is 2.74. The van der Waals surface area contributed by atoms with Gasteiger partial charge in [0.1, 0.15) is 0 Å². The van der Waals surface area contributed by atoms with Gasteiger partial charge in [0, 0.05) is 11.6 Å². The summed E-state index contributed by atoms with van der Waals surface area (Å²) in [7, 11) is -3.93. The van der Waals surface area contributed by atoms with Crippen LogP contribution in [0.3, 0.4) is 0 Å². The Balaban J connectivity index is 1.91. The van der Waals surface area contributed by atoms with Gasteiger partial charge in [-0.25, -0.2) is 8.42 Å². The van der Waals surface area contributed by atoms with Gasteiger partial charge in [-0.1, -0.05) is 71.3 Å². The number of sulfonamides is 1. The Hall–Kier alpha value is -2.67. The molecule has 0 aromatic heterocycles. The summed E-state index contributed by atoms with van der Waals surface area (Å²) in [5, 5.41) is 3.53. The minimum Gasteiger partial charge on any atom is -0.348 e. The van der Waals surface area contributed by atoms with Crippen molar-refractivity contribution in [3.63, 3.8) is 0 Å². The Morgan fingerprint density at radius 3 is 2.03 bits per heavy atom. The molecule has 0 saturated heterocycles. The molecule has 1 atom stereocenters. The Kier molecular flexibility index (Phi) is 8.18. The highest BCUT2D eigenvalue weighted by molar-refractivity contribution is 7.89. The molecule has 0 aliphatic rings. The van der Waals surface area contributed by atoms with Crippen LogP contribution in [-0.2, 0) is 21.4 Å². The number of hydrogen-bond acceptors (Lipinski definition) is 3. The first-order valence-corrected chi connectivity index (χ1v) is 13.0. The number of aryl methyl sites for hydroxylation is 4. The standard InChI is InChI=1S/C27H31ClN2O3S/c1-18-6-8-23(9-7-18)16-30(34(32,33)27-20(3)14-19(2)15-21(27)4)17-26(31)29-22(5)24-10-12-25(28)13-11-24/h6-15,22H,16-17H2,1-5H3,(H,29,31). The highest BCUT2D eigenvalue weighted by Crippen LogP contribution is 2.27. The normalized spacial score (nSPS) is 12.6. The SMILES string of the molecule is Cc1ccc(CN(CC(=O)NC(C)c2ccc(Cl)cc2)S(=O)(=O)c2c(C)cc(C)cc2C)cc1. The molecular formula is C27H31ClN2O3S. The summed E-state index contributed by atoms with van der Waals surface area (Å²) in [5.41, 5.74) is 5.11. The third-order valence-electron chi connectivity index (χ3n) is 5.75. The molecule has 3 rings (SSSR count). The number of carbonyl (C=O) groups is 1. The largest absolute Gasteiger partial charge is 0.348 e. The fourth-order valence-corrected chi connectivity index (χ4v) is 6.03. The number of benzene rings is 3. The highest BCUT2D eigenvalue weighted by Gasteiger charge is 2.30. The molecule has 0 bridgehead atoms. The quantitative estimate of drug-likeness (QED) is 0.437. The molecule has 0 aliphatic heterocycles. The minimum atomic E-state index is -3.93. The molecule has 1 amide bonds. The fourth-order valence-electron chi connectivity index (χ4n) is 4.11. The Morgan fingerprint density at radius 1 is 0.912 bits per heavy atom. The van der Waals surface area contributed by atoms with E-state index in [-0.39, 0.29) is 29.9 Å². The highest BCUT2D eigenvalue weighted by atomic mass is 35.5. The summed E-state index contributed by atoms with van der Waals surface area (Å²) in [6.45, 7) is 9.15. The smallest absolute Gasteiger partial charge is 0.244 e. The second-order valence-electron chi connectivity index (χ2n) is 8.83. The van der Waals surface area contributed by atoms with E-state index in [0.29, 0.717) is 16.1 Å². The zero-order chi connectivity index (χ0) is 25.0. The van der Waals surface area contributed by atoms with Crippen molar-refractivity contribution in [2.45, 2.75) is 52.1 Å². The molecule has 180 valence electrons. The molecule has 0 saturated carbocycles. The second-order valence-corrected chi connectivity index (χ2v) is 11.1. The summed E-state index contributed by atoms with van der Waals surface area (Å²) in [6.07, 6.45) is 0. The van der Waals surface area contributed by atoms with Gasteiger partial charge in [0.2, 0.25) is 15.9 Å². The van der Waals surface area contributed by atoms with Gasteiger partial charge in [0.05, 0.1) is 17.5 Å². The van der Waals surface area contributed by atoms with Crippen molar-refractivity contribution >= 4 is 27.5 Å². The lowest BCUT2D eigenvalue weighted by Crippen LogP contribution is -2.41. The summed E-state index contributed by atoms with van der Waals surface area (Å²) in [4.78, 5) is 13.3. The van der Waals surface area contributed by atoms with E-state index in [2.05, 4.69) is 5.32 Å². The van der Waals surface area contributed by atoms with E-state index in [1.165, 1.54) is 4.31 Å². The lowest BCUT2D eigenvalue weighted by molar-refractivity contribution is -0.122. The predicted molar refractivity (Wildman–Crippen MR) is 137 cm³/mol. The van der Waals surface area contributed by atoms with Crippen LogP contribution in [-0.4, -0.2) is 25.2 Å². The van der Waals surface area contributed by atoms with Gasteiger partial charge in [0.25, 0.3) is 0 Å². The molecule has 34 heavy (non-hydrogen) atoms. The van der Waals surface area contributed by atoms with Crippen molar-refractivity contribution in [3.8, 4) is 0 Å². The lowest BCUT2D eigenvalue weighted by atomic mass is 10.1. The van der Waals surface area contributed by atoms with Crippen LogP contribution in [0.2, 0.25) is 5.02 Å². The fraction of sp³-hybridized carbons (Fsp3) is 0.296. The summed E-state index contributed by atoms with van der Waals surface area (Å²) >= 11 is 5.96. The van der Waals surface area contributed by atoms with Crippen LogP contribution in [0.1, 0.15) is 46.3 Å². The molecule has 0 spiro atoms. The first-order valence-electron chi connectivity index (χ1n) is 11.2. The zero-order valence-electron chi connectivity index (χ0n) is 20.2. The Labute approximate surface area is 207 Å². The van der Waals surface area contributed by atoms with Gasteiger partial charge in [-0.05, 0) is 69.0 Å². The van der Waals surface area contributed by atoms with E-state index in [9.17, 15) is 13.2 Å². The van der Waals surface area contributed by atoms with E-state index in [1.54, 1.807) is 26.0 Å². The van der Waals surface area contributed by atoms with Crippen molar-refractivity contribution < 1.29 is 13.2 Å². The van der Waals surface area contributed by atoms with Gasteiger partial charge in [-0.15, -0.1) is 0 Å². The van der Waals surface area contributed by atoms with Gasteiger partial charge in [-0.2, -0.15) is 4.31 Å². The van der Waals surface area contributed by atoms with Crippen LogP contribution < -0.4 is 5.32 Å². The molecule has 7 heteroatoms. The van der Waals surface area contributed by atoms with E-state index in [4.69, 9.17) is 11.6 Å². The number of hydrogen-bond donors (Lipinski definition) is 1. The molecule has 3 aromatic rings.